The van der Waals surface area contributed by atoms with Crippen LogP contribution < -0.4 is 5.32 Å². The van der Waals surface area contributed by atoms with Crippen LogP contribution in [0.2, 0.25) is 0 Å². The number of benzene rings is 1. The predicted molar refractivity (Wildman–Crippen MR) is 78.4 cm³/mol. The molecule has 1 aromatic carbocycles. The molecule has 18 heavy (non-hydrogen) atoms. The minimum atomic E-state index is -0.0336. The predicted octanol–water partition coefficient (Wildman–Crippen LogP) is 2.80. The first kappa shape index (κ1) is 15.2. The lowest BCUT2D eigenvalue weighted by Crippen LogP contribution is -2.43. The van der Waals surface area contributed by atoms with Gasteiger partial charge in [-0.25, -0.2) is 0 Å². The van der Waals surface area contributed by atoms with Gasteiger partial charge < -0.3 is 10.2 Å². The van der Waals surface area contributed by atoms with Crippen molar-refractivity contribution in [3.05, 3.63) is 34.3 Å². The number of nitrogens with one attached hydrogen (secondary N) is 1. The lowest BCUT2D eigenvalue weighted by atomic mass is 10.1. The topological polar surface area (TPSA) is 32.3 Å². The smallest absolute Gasteiger partial charge is 0.236 e. The van der Waals surface area contributed by atoms with Gasteiger partial charge in [0, 0.05) is 23.6 Å². The molecule has 0 aliphatic heterocycles. The number of hydrogen-bond donors (Lipinski definition) is 1. The molecule has 3 nitrogen and oxygen atoms in total. The van der Waals surface area contributed by atoms with Crippen LogP contribution in [0.15, 0.2) is 28.7 Å². The lowest BCUT2D eigenvalue weighted by Gasteiger charge is -2.23. The summed E-state index contributed by atoms with van der Waals surface area (Å²) in [7, 11) is 1.83. The highest BCUT2D eigenvalue weighted by atomic mass is 79.9. The summed E-state index contributed by atoms with van der Waals surface area (Å²) in [6.07, 6.45) is 0. The van der Waals surface area contributed by atoms with Crippen molar-refractivity contribution in [3.63, 3.8) is 0 Å². The minimum absolute atomic E-state index is 0.0336. The maximum atomic E-state index is 11.9. The Morgan fingerprint density at radius 1 is 1.28 bits per heavy atom. The first-order valence-electron chi connectivity index (χ1n) is 6.01. The fraction of sp³-hybridized carbons (Fsp3) is 0.500. The van der Waals surface area contributed by atoms with Crippen molar-refractivity contribution in [2.24, 2.45) is 0 Å². The van der Waals surface area contributed by atoms with Crippen LogP contribution in [0.1, 0.15) is 26.3 Å². The van der Waals surface area contributed by atoms with Gasteiger partial charge in [-0.05, 0) is 38.5 Å². The number of carbonyl (C=O) groups excluding carboxylic acids is 1. The van der Waals surface area contributed by atoms with Crippen LogP contribution in [0, 0.1) is 0 Å². The molecule has 0 radical (unpaired) electrons. The third kappa shape index (κ3) is 5.65. The summed E-state index contributed by atoms with van der Waals surface area (Å²) in [5.74, 6) is 0.104. The summed E-state index contributed by atoms with van der Waals surface area (Å²) in [6.45, 7) is 7.16. The van der Waals surface area contributed by atoms with Crippen molar-refractivity contribution in [1.29, 1.82) is 0 Å². The van der Waals surface area contributed by atoms with Gasteiger partial charge >= 0.3 is 0 Å². The van der Waals surface area contributed by atoms with Crippen molar-refractivity contribution in [2.45, 2.75) is 32.9 Å². The van der Waals surface area contributed by atoms with Crippen LogP contribution in [0.4, 0.5) is 0 Å². The van der Waals surface area contributed by atoms with Crippen LogP contribution in [0.5, 0.6) is 0 Å². The molecule has 0 atom stereocenters. The summed E-state index contributed by atoms with van der Waals surface area (Å²) >= 11 is 3.40. The van der Waals surface area contributed by atoms with Gasteiger partial charge in [0.15, 0.2) is 0 Å². The molecule has 0 fully saturated rings. The molecule has 100 valence electrons. The molecule has 1 rings (SSSR count). The highest BCUT2D eigenvalue weighted by Crippen LogP contribution is 2.11. The van der Waals surface area contributed by atoms with E-state index in [1.54, 1.807) is 4.90 Å². The van der Waals surface area contributed by atoms with Crippen molar-refractivity contribution in [2.75, 3.05) is 13.6 Å². The van der Waals surface area contributed by atoms with E-state index in [1.807, 2.05) is 31.3 Å². The summed E-state index contributed by atoms with van der Waals surface area (Å²) in [5, 5.41) is 3.20. The fourth-order valence-corrected chi connectivity index (χ4v) is 1.69. The van der Waals surface area contributed by atoms with E-state index >= 15 is 0 Å². The Kier molecular flexibility index (Phi) is 5.35. The molecular formula is C14H21BrN2O. The average Bonchev–Trinajstić information content (AvgIpc) is 2.28. The van der Waals surface area contributed by atoms with E-state index in [-0.39, 0.29) is 11.4 Å². The van der Waals surface area contributed by atoms with E-state index in [0.29, 0.717) is 13.1 Å². The van der Waals surface area contributed by atoms with Gasteiger partial charge in [0.05, 0.1) is 6.54 Å². The Hall–Kier alpha value is -0.870. The van der Waals surface area contributed by atoms with E-state index in [2.05, 4.69) is 42.0 Å². The van der Waals surface area contributed by atoms with Crippen molar-refractivity contribution in [1.82, 2.24) is 10.2 Å². The summed E-state index contributed by atoms with van der Waals surface area (Å²) in [6, 6.07) is 8.01. The SMILES string of the molecule is CN(Cc1ccc(Br)cc1)C(=O)CNC(C)(C)C. The normalized spacial score (nSPS) is 11.4. The third-order valence-electron chi connectivity index (χ3n) is 2.53. The molecule has 4 heteroatoms. The van der Waals surface area contributed by atoms with Crippen LogP contribution >= 0.6 is 15.9 Å². The first-order chi connectivity index (χ1) is 8.28. The zero-order valence-electron chi connectivity index (χ0n) is 11.5. The van der Waals surface area contributed by atoms with Gasteiger partial charge in [0.1, 0.15) is 0 Å². The second-order valence-electron chi connectivity index (χ2n) is 5.48. The van der Waals surface area contributed by atoms with Crippen LogP contribution in [-0.2, 0) is 11.3 Å². The Bertz CT molecular complexity index is 395. The first-order valence-corrected chi connectivity index (χ1v) is 6.81. The van der Waals surface area contributed by atoms with Gasteiger partial charge in [-0.15, -0.1) is 0 Å². The zero-order chi connectivity index (χ0) is 13.8. The van der Waals surface area contributed by atoms with Crippen LogP contribution in [0.3, 0.4) is 0 Å². The van der Waals surface area contributed by atoms with E-state index in [0.717, 1.165) is 10.0 Å². The molecule has 0 bridgehead atoms. The zero-order valence-corrected chi connectivity index (χ0v) is 13.0. The van der Waals surface area contributed by atoms with E-state index < -0.39 is 0 Å². The second kappa shape index (κ2) is 6.34. The number of amides is 1. The number of likely N-dealkylation sites (N-methyl/N-ethyl adjacent to an activating group) is 1. The second-order valence-corrected chi connectivity index (χ2v) is 6.40. The van der Waals surface area contributed by atoms with Crippen molar-refractivity contribution < 1.29 is 4.79 Å². The van der Waals surface area contributed by atoms with Gasteiger partial charge in [-0.3, -0.25) is 4.79 Å². The summed E-state index contributed by atoms with van der Waals surface area (Å²) in [4.78, 5) is 13.7. The maximum Gasteiger partial charge on any atom is 0.236 e. The maximum absolute atomic E-state index is 11.9. The molecule has 1 amide bonds. The average molecular weight is 313 g/mol. The quantitative estimate of drug-likeness (QED) is 0.927. The molecule has 0 heterocycles. The van der Waals surface area contributed by atoms with Gasteiger partial charge in [-0.1, -0.05) is 28.1 Å². The molecule has 0 aliphatic rings. The van der Waals surface area contributed by atoms with Gasteiger partial charge in [-0.2, -0.15) is 0 Å². The van der Waals surface area contributed by atoms with E-state index in [4.69, 9.17) is 0 Å². The van der Waals surface area contributed by atoms with Crippen molar-refractivity contribution >= 4 is 21.8 Å². The lowest BCUT2D eigenvalue weighted by molar-refractivity contribution is -0.129. The molecule has 0 saturated carbocycles. The monoisotopic (exact) mass is 312 g/mol. The minimum Gasteiger partial charge on any atom is -0.340 e. The number of nitrogens with zero attached hydrogens (tertiary/aromatic N) is 1. The Labute approximate surface area is 118 Å². The summed E-state index contributed by atoms with van der Waals surface area (Å²) < 4.78 is 1.05. The number of hydrogen-bond acceptors (Lipinski definition) is 2. The van der Waals surface area contributed by atoms with E-state index in [1.165, 1.54) is 0 Å². The van der Waals surface area contributed by atoms with Gasteiger partial charge in [0.25, 0.3) is 0 Å². The number of rotatable bonds is 4. The number of carbonyl (C=O) groups is 1. The Balaban J connectivity index is 2.47. The fourth-order valence-electron chi connectivity index (χ4n) is 1.43. The van der Waals surface area contributed by atoms with E-state index in [9.17, 15) is 4.79 Å². The Morgan fingerprint density at radius 2 is 1.83 bits per heavy atom. The molecular weight excluding hydrogens is 292 g/mol. The van der Waals surface area contributed by atoms with Crippen LogP contribution in [0.25, 0.3) is 0 Å². The standard InChI is InChI=1S/C14H21BrN2O/c1-14(2,3)16-9-13(18)17(4)10-11-5-7-12(15)8-6-11/h5-8,16H,9-10H2,1-4H3. The molecule has 0 saturated heterocycles. The highest BCUT2D eigenvalue weighted by Gasteiger charge is 2.14. The highest BCUT2D eigenvalue weighted by molar-refractivity contribution is 9.10. The molecule has 0 spiro atoms. The molecule has 1 N–H and O–H groups in total. The van der Waals surface area contributed by atoms with Crippen LogP contribution in [-0.4, -0.2) is 29.9 Å². The Morgan fingerprint density at radius 3 is 2.33 bits per heavy atom. The third-order valence-corrected chi connectivity index (χ3v) is 3.06. The van der Waals surface area contributed by atoms with Crippen molar-refractivity contribution in [3.8, 4) is 0 Å². The van der Waals surface area contributed by atoms with Gasteiger partial charge in [0.2, 0.25) is 5.91 Å². The molecule has 0 unspecified atom stereocenters. The molecule has 0 aliphatic carbocycles. The summed E-state index contributed by atoms with van der Waals surface area (Å²) in [5.41, 5.74) is 1.10. The molecule has 0 aromatic heterocycles. The number of halogens is 1. The largest absolute Gasteiger partial charge is 0.340 e. The molecule has 1 aromatic rings.